The van der Waals surface area contributed by atoms with E-state index in [9.17, 15) is 14.7 Å². The number of allylic oxidation sites excluding steroid dienone is 1. The Bertz CT molecular complexity index is 1030. The number of carbonyl (C=O) groups is 2. The quantitative estimate of drug-likeness (QED) is 0.306. The summed E-state index contributed by atoms with van der Waals surface area (Å²) in [5.41, 5.74) is 0.613. The van der Waals surface area contributed by atoms with Crippen LogP contribution in [0.4, 0.5) is 0 Å². The Morgan fingerprint density at radius 2 is 1.69 bits per heavy atom. The Hall–Kier alpha value is -3.19. The fourth-order valence-corrected chi connectivity index (χ4v) is 3.07. The van der Waals surface area contributed by atoms with Crippen molar-refractivity contribution < 1.29 is 33.6 Å². The second kappa shape index (κ2) is 10.9. The fourth-order valence-electron chi connectivity index (χ4n) is 2.91. The fraction of sp³-hybridized carbons (Fsp3) is 0.333. The first-order chi connectivity index (χ1) is 15.1. The van der Waals surface area contributed by atoms with Crippen LogP contribution in [0.25, 0.3) is 6.08 Å². The molecule has 0 saturated heterocycles. The highest BCUT2D eigenvalue weighted by atomic mass is 35.5. The van der Waals surface area contributed by atoms with Gasteiger partial charge in [0.2, 0.25) is 0 Å². The van der Waals surface area contributed by atoms with Crippen LogP contribution in [0.5, 0.6) is 23.0 Å². The van der Waals surface area contributed by atoms with Crippen molar-refractivity contribution in [3.05, 3.63) is 52.1 Å². The van der Waals surface area contributed by atoms with Gasteiger partial charge < -0.3 is 24.1 Å². The summed E-state index contributed by atoms with van der Waals surface area (Å²) in [4.78, 5) is 25.4. The van der Waals surface area contributed by atoms with Gasteiger partial charge in [-0.25, -0.2) is 4.79 Å². The molecule has 7 nitrogen and oxygen atoms in total. The lowest BCUT2D eigenvalue weighted by Gasteiger charge is -2.21. The number of hydrogen-bond acceptors (Lipinski definition) is 7. The van der Waals surface area contributed by atoms with E-state index in [0.717, 1.165) is 0 Å². The second-order valence-corrected chi connectivity index (χ2v) is 7.82. The summed E-state index contributed by atoms with van der Waals surface area (Å²) < 4.78 is 22.2. The number of esters is 1. The predicted octanol–water partition coefficient (Wildman–Crippen LogP) is 5.31. The lowest BCUT2D eigenvalue weighted by molar-refractivity contribution is 0.0369. The van der Waals surface area contributed by atoms with Gasteiger partial charge in [0.15, 0.2) is 17.3 Å². The highest BCUT2D eigenvalue weighted by Gasteiger charge is 2.27. The average Bonchev–Trinajstić information content (AvgIpc) is 2.70. The van der Waals surface area contributed by atoms with Crippen molar-refractivity contribution in [2.45, 2.75) is 39.9 Å². The molecule has 2 aromatic carbocycles. The summed E-state index contributed by atoms with van der Waals surface area (Å²) in [6.45, 7) is 7.11. The molecule has 0 bridgehead atoms. The van der Waals surface area contributed by atoms with E-state index in [1.54, 1.807) is 19.9 Å². The van der Waals surface area contributed by atoms with Crippen molar-refractivity contribution >= 4 is 29.4 Å². The van der Waals surface area contributed by atoms with E-state index in [1.165, 1.54) is 44.6 Å². The standard InChI is InChI=1S/C24H27ClO7/c1-13(2)31-22-15(7-10-18(26)17-9-8-16(25)12-19(17)27)11-20(29-5)21(23(22)30-6)24(28)32-14(3)4/h7-14,27H,1-6H3. The van der Waals surface area contributed by atoms with E-state index >= 15 is 0 Å². The minimum absolute atomic E-state index is 0.0816. The smallest absolute Gasteiger partial charge is 0.346 e. The molecular weight excluding hydrogens is 436 g/mol. The van der Waals surface area contributed by atoms with Crippen molar-refractivity contribution in [3.8, 4) is 23.0 Å². The zero-order chi connectivity index (χ0) is 24.0. The van der Waals surface area contributed by atoms with Crippen molar-refractivity contribution in [3.63, 3.8) is 0 Å². The van der Waals surface area contributed by atoms with Gasteiger partial charge in [0.25, 0.3) is 0 Å². The van der Waals surface area contributed by atoms with Crippen LogP contribution in [0.1, 0.15) is 54.0 Å². The Balaban J connectivity index is 2.61. The van der Waals surface area contributed by atoms with Crippen LogP contribution in [0.2, 0.25) is 5.02 Å². The average molecular weight is 463 g/mol. The van der Waals surface area contributed by atoms with E-state index in [4.69, 9.17) is 30.5 Å². The molecule has 0 aliphatic carbocycles. The summed E-state index contributed by atoms with van der Waals surface area (Å²) in [6, 6.07) is 5.79. The monoisotopic (exact) mass is 462 g/mol. The van der Waals surface area contributed by atoms with E-state index < -0.39 is 11.8 Å². The van der Waals surface area contributed by atoms with Crippen molar-refractivity contribution in [1.82, 2.24) is 0 Å². The number of aromatic hydroxyl groups is 1. The van der Waals surface area contributed by atoms with Gasteiger partial charge in [-0.2, -0.15) is 0 Å². The maximum absolute atomic E-state index is 12.7. The Morgan fingerprint density at radius 1 is 1.00 bits per heavy atom. The molecule has 0 atom stereocenters. The first kappa shape index (κ1) is 25.1. The zero-order valence-electron chi connectivity index (χ0n) is 18.9. The number of methoxy groups -OCH3 is 2. The van der Waals surface area contributed by atoms with Gasteiger partial charge in [-0.3, -0.25) is 4.79 Å². The van der Waals surface area contributed by atoms with Gasteiger partial charge in [-0.05, 0) is 64.1 Å². The van der Waals surface area contributed by atoms with Crippen LogP contribution in [-0.4, -0.2) is 43.3 Å². The molecule has 8 heteroatoms. The molecule has 2 rings (SSSR count). The number of phenolic OH excluding ortho intramolecular Hbond substituents is 1. The van der Waals surface area contributed by atoms with Crippen molar-refractivity contribution in [2.24, 2.45) is 0 Å². The molecule has 32 heavy (non-hydrogen) atoms. The lowest BCUT2D eigenvalue weighted by Crippen LogP contribution is -2.16. The van der Waals surface area contributed by atoms with Gasteiger partial charge >= 0.3 is 5.97 Å². The summed E-state index contributed by atoms with van der Waals surface area (Å²) in [7, 11) is 2.81. The van der Waals surface area contributed by atoms with Crippen molar-refractivity contribution in [1.29, 1.82) is 0 Å². The SMILES string of the molecule is COc1cc(C=CC(=O)c2ccc(Cl)cc2O)c(OC(C)C)c(OC)c1C(=O)OC(C)C. The summed E-state index contributed by atoms with van der Waals surface area (Å²) in [5, 5.41) is 10.3. The molecule has 0 saturated carbocycles. The number of carbonyl (C=O) groups excluding carboxylic acids is 2. The van der Waals surface area contributed by atoms with Gasteiger partial charge in [0, 0.05) is 10.6 Å². The molecule has 172 valence electrons. The summed E-state index contributed by atoms with van der Waals surface area (Å²) >= 11 is 5.83. The van der Waals surface area contributed by atoms with Crippen LogP contribution in [0, 0.1) is 0 Å². The van der Waals surface area contributed by atoms with E-state index in [0.29, 0.717) is 10.6 Å². The number of ketones is 1. The minimum Gasteiger partial charge on any atom is -0.507 e. The number of phenols is 1. The molecule has 0 fully saturated rings. The molecular formula is C24H27ClO7. The van der Waals surface area contributed by atoms with Gasteiger partial charge in [-0.1, -0.05) is 11.6 Å². The largest absolute Gasteiger partial charge is 0.507 e. The van der Waals surface area contributed by atoms with Gasteiger partial charge in [0.05, 0.1) is 32.0 Å². The third-order valence-corrected chi connectivity index (χ3v) is 4.43. The Morgan fingerprint density at radius 3 is 2.22 bits per heavy atom. The predicted molar refractivity (Wildman–Crippen MR) is 122 cm³/mol. The number of hydrogen-bond donors (Lipinski definition) is 1. The van der Waals surface area contributed by atoms with Crippen molar-refractivity contribution in [2.75, 3.05) is 14.2 Å². The van der Waals surface area contributed by atoms with Crippen LogP contribution in [0.15, 0.2) is 30.3 Å². The topological polar surface area (TPSA) is 91.3 Å². The van der Waals surface area contributed by atoms with E-state index in [1.807, 2.05) is 13.8 Å². The number of benzene rings is 2. The second-order valence-electron chi connectivity index (χ2n) is 7.39. The molecule has 0 aliphatic rings. The van der Waals surface area contributed by atoms with Gasteiger partial charge in [0.1, 0.15) is 17.1 Å². The molecule has 2 aromatic rings. The normalized spacial score (nSPS) is 11.2. The zero-order valence-corrected chi connectivity index (χ0v) is 19.6. The van der Waals surface area contributed by atoms with Crippen LogP contribution >= 0.6 is 11.6 Å². The first-order valence-corrected chi connectivity index (χ1v) is 10.3. The summed E-state index contributed by atoms with van der Waals surface area (Å²) in [6.07, 6.45) is 2.16. The summed E-state index contributed by atoms with van der Waals surface area (Å²) in [5.74, 6) is -0.720. The Labute approximate surface area is 192 Å². The molecule has 0 heterocycles. The molecule has 0 radical (unpaired) electrons. The molecule has 1 N–H and O–H groups in total. The van der Waals surface area contributed by atoms with E-state index in [-0.39, 0.29) is 46.3 Å². The highest BCUT2D eigenvalue weighted by molar-refractivity contribution is 6.31. The van der Waals surface area contributed by atoms with Crippen LogP contribution in [0.3, 0.4) is 0 Å². The van der Waals surface area contributed by atoms with Gasteiger partial charge in [-0.15, -0.1) is 0 Å². The maximum atomic E-state index is 12.7. The minimum atomic E-state index is -0.625. The molecule has 0 spiro atoms. The third kappa shape index (κ3) is 5.95. The maximum Gasteiger partial charge on any atom is 0.346 e. The molecule has 0 amide bonds. The third-order valence-electron chi connectivity index (χ3n) is 4.19. The lowest BCUT2D eigenvalue weighted by atomic mass is 10.0. The number of halogens is 1. The number of ether oxygens (including phenoxy) is 4. The Kier molecular flexibility index (Phi) is 8.55. The van der Waals surface area contributed by atoms with E-state index in [2.05, 4.69) is 0 Å². The van der Waals surface area contributed by atoms with Crippen LogP contribution < -0.4 is 14.2 Å². The highest BCUT2D eigenvalue weighted by Crippen LogP contribution is 2.42. The number of rotatable bonds is 9. The van der Waals surface area contributed by atoms with Crippen LogP contribution in [-0.2, 0) is 4.74 Å². The molecule has 0 unspecified atom stereocenters. The molecule has 0 aromatic heterocycles. The first-order valence-electron chi connectivity index (χ1n) is 9.96. The molecule has 0 aliphatic heterocycles.